The highest BCUT2D eigenvalue weighted by atomic mass is 32.2. The number of aryl methyl sites for hydroxylation is 1. The molecule has 1 saturated heterocycles. The van der Waals surface area contributed by atoms with Crippen LogP contribution in [0.1, 0.15) is 24.8 Å². The van der Waals surface area contributed by atoms with Crippen molar-refractivity contribution >= 4 is 10.0 Å². The predicted octanol–water partition coefficient (Wildman–Crippen LogP) is 1.42. The maximum Gasteiger partial charge on any atom is 0.240 e. The molecule has 0 spiro atoms. The fourth-order valence-corrected chi connectivity index (χ4v) is 3.60. The van der Waals surface area contributed by atoms with E-state index in [9.17, 15) is 8.42 Å². The lowest BCUT2D eigenvalue weighted by Gasteiger charge is -2.12. The van der Waals surface area contributed by atoms with Crippen LogP contribution in [0.15, 0.2) is 23.1 Å². The molecular weight excluding hydrogens is 276 g/mol. The summed E-state index contributed by atoms with van der Waals surface area (Å²) in [5.41, 5.74) is 0.813. The van der Waals surface area contributed by atoms with Crippen LogP contribution < -0.4 is 14.8 Å². The highest BCUT2D eigenvalue weighted by Gasteiger charge is 2.17. The van der Waals surface area contributed by atoms with E-state index in [-0.39, 0.29) is 4.90 Å². The third-order valence-corrected chi connectivity index (χ3v) is 5.08. The summed E-state index contributed by atoms with van der Waals surface area (Å²) < 4.78 is 32.2. The van der Waals surface area contributed by atoms with E-state index < -0.39 is 10.0 Å². The number of benzene rings is 1. The number of rotatable bonds is 6. The van der Waals surface area contributed by atoms with Crippen molar-refractivity contribution in [3.63, 3.8) is 0 Å². The zero-order valence-electron chi connectivity index (χ0n) is 12.0. The molecule has 6 heteroatoms. The molecule has 1 atom stereocenters. The lowest BCUT2D eigenvalue weighted by atomic mass is 10.2. The topological polar surface area (TPSA) is 67.4 Å². The van der Waals surface area contributed by atoms with E-state index in [4.69, 9.17) is 4.74 Å². The summed E-state index contributed by atoms with van der Waals surface area (Å²) in [7, 11) is -1.86. The molecule has 20 heavy (non-hydrogen) atoms. The molecule has 1 aromatic rings. The molecule has 0 aliphatic carbocycles. The largest absolute Gasteiger partial charge is 0.496 e. The molecule has 1 aliphatic rings. The Kier molecular flexibility index (Phi) is 5.01. The highest BCUT2D eigenvalue weighted by Crippen LogP contribution is 2.21. The Morgan fingerprint density at radius 1 is 1.45 bits per heavy atom. The summed E-state index contributed by atoms with van der Waals surface area (Å²) in [4.78, 5) is 0.287. The van der Waals surface area contributed by atoms with Gasteiger partial charge in [0.25, 0.3) is 0 Å². The van der Waals surface area contributed by atoms with Gasteiger partial charge in [-0.1, -0.05) is 0 Å². The normalized spacial score (nSPS) is 19.2. The summed E-state index contributed by atoms with van der Waals surface area (Å²) in [6.07, 6.45) is 3.13. The van der Waals surface area contributed by atoms with Crippen LogP contribution in [0.5, 0.6) is 5.75 Å². The Morgan fingerprint density at radius 3 is 2.85 bits per heavy atom. The van der Waals surface area contributed by atoms with Gasteiger partial charge in [0.1, 0.15) is 5.75 Å². The van der Waals surface area contributed by atoms with E-state index in [1.54, 1.807) is 25.3 Å². The van der Waals surface area contributed by atoms with E-state index >= 15 is 0 Å². The van der Waals surface area contributed by atoms with E-state index in [1.165, 1.54) is 6.42 Å². The molecule has 1 aliphatic heterocycles. The summed E-state index contributed by atoms with van der Waals surface area (Å²) in [5.74, 6) is 0.694. The van der Waals surface area contributed by atoms with Crippen molar-refractivity contribution in [2.24, 2.45) is 0 Å². The number of sulfonamides is 1. The fourth-order valence-electron chi connectivity index (χ4n) is 2.47. The first kappa shape index (κ1) is 15.3. The minimum absolute atomic E-state index is 0.287. The average Bonchev–Trinajstić information content (AvgIpc) is 2.91. The van der Waals surface area contributed by atoms with Gasteiger partial charge in [-0.25, -0.2) is 13.1 Å². The van der Waals surface area contributed by atoms with Gasteiger partial charge in [-0.3, -0.25) is 0 Å². The van der Waals surface area contributed by atoms with E-state index in [2.05, 4.69) is 10.0 Å². The molecule has 1 heterocycles. The standard InChI is InChI=1S/C14H22N2O3S/c1-11-10-13(5-6-14(11)19-2)20(17,18)16-9-7-12-4-3-8-15-12/h5-6,10,12,15-16H,3-4,7-9H2,1-2H3. The van der Waals surface area contributed by atoms with Gasteiger partial charge in [0, 0.05) is 12.6 Å². The maximum atomic E-state index is 12.2. The molecule has 0 saturated carbocycles. The summed E-state index contributed by atoms with van der Waals surface area (Å²) >= 11 is 0. The lowest BCUT2D eigenvalue weighted by molar-refractivity contribution is 0.411. The third kappa shape index (κ3) is 3.71. The minimum Gasteiger partial charge on any atom is -0.496 e. The first-order valence-electron chi connectivity index (χ1n) is 6.90. The van der Waals surface area contributed by atoms with Crippen molar-refractivity contribution in [2.45, 2.75) is 37.1 Å². The molecule has 5 nitrogen and oxygen atoms in total. The van der Waals surface area contributed by atoms with Crippen molar-refractivity contribution in [2.75, 3.05) is 20.2 Å². The van der Waals surface area contributed by atoms with Gasteiger partial charge in [0.15, 0.2) is 0 Å². The quantitative estimate of drug-likeness (QED) is 0.833. The van der Waals surface area contributed by atoms with Crippen LogP contribution in [0.25, 0.3) is 0 Å². The van der Waals surface area contributed by atoms with Crippen LogP contribution in [0.4, 0.5) is 0 Å². The van der Waals surface area contributed by atoms with Crippen LogP contribution in [0.3, 0.4) is 0 Å². The van der Waals surface area contributed by atoms with E-state index in [0.29, 0.717) is 18.3 Å². The van der Waals surface area contributed by atoms with Crippen molar-refractivity contribution in [3.05, 3.63) is 23.8 Å². The van der Waals surface area contributed by atoms with Gasteiger partial charge >= 0.3 is 0 Å². The molecular formula is C14H22N2O3S. The van der Waals surface area contributed by atoms with Crippen LogP contribution in [-0.2, 0) is 10.0 Å². The number of hydrogen-bond acceptors (Lipinski definition) is 4. The van der Waals surface area contributed by atoms with Crippen molar-refractivity contribution in [1.82, 2.24) is 10.0 Å². The monoisotopic (exact) mass is 298 g/mol. The van der Waals surface area contributed by atoms with Gasteiger partial charge in [-0.05, 0) is 56.5 Å². The number of hydrogen-bond donors (Lipinski definition) is 2. The third-order valence-electron chi connectivity index (χ3n) is 3.62. The Morgan fingerprint density at radius 2 is 2.25 bits per heavy atom. The molecule has 0 radical (unpaired) electrons. The highest BCUT2D eigenvalue weighted by molar-refractivity contribution is 7.89. The predicted molar refractivity (Wildman–Crippen MR) is 78.6 cm³/mol. The van der Waals surface area contributed by atoms with Crippen molar-refractivity contribution in [3.8, 4) is 5.75 Å². The Labute approximate surface area is 120 Å². The second kappa shape index (κ2) is 6.56. The number of nitrogens with one attached hydrogen (secondary N) is 2. The molecule has 1 unspecified atom stereocenters. The minimum atomic E-state index is -3.43. The van der Waals surface area contributed by atoms with Crippen LogP contribution in [0.2, 0.25) is 0 Å². The van der Waals surface area contributed by atoms with Gasteiger partial charge in [0.2, 0.25) is 10.0 Å². The van der Waals surface area contributed by atoms with Crippen LogP contribution in [-0.4, -0.2) is 34.7 Å². The van der Waals surface area contributed by atoms with E-state index in [0.717, 1.165) is 24.9 Å². The van der Waals surface area contributed by atoms with Gasteiger partial charge in [-0.2, -0.15) is 0 Å². The molecule has 2 rings (SSSR count). The van der Waals surface area contributed by atoms with Crippen molar-refractivity contribution in [1.29, 1.82) is 0 Å². The van der Waals surface area contributed by atoms with Crippen LogP contribution >= 0.6 is 0 Å². The maximum absolute atomic E-state index is 12.2. The fraction of sp³-hybridized carbons (Fsp3) is 0.571. The molecule has 1 fully saturated rings. The van der Waals surface area contributed by atoms with Gasteiger partial charge < -0.3 is 10.1 Å². The lowest BCUT2D eigenvalue weighted by Crippen LogP contribution is -2.30. The van der Waals surface area contributed by atoms with Gasteiger partial charge in [-0.15, -0.1) is 0 Å². The molecule has 0 bridgehead atoms. The van der Waals surface area contributed by atoms with E-state index in [1.807, 2.05) is 6.92 Å². The summed E-state index contributed by atoms with van der Waals surface area (Å²) in [6.45, 7) is 3.33. The number of ether oxygens (including phenoxy) is 1. The Balaban J connectivity index is 1.96. The first-order valence-corrected chi connectivity index (χ1v) is 8.39. The van der Waals surface area contributed by atoms with Crippen LogP contribution in [0, 0.1) is 6.92 Å². The first-order chi connectivity index (χ1) is 9.53. The average molecular weight is 298 g/mol. The molecule has 112 valence electrons. The second-order valence-electron chi connectivity index (χ2n) is 5.11. The molecule has 0 aromatic heterocycles. The smallest absolute Gasteiger partial charge is 0.240 e. The Hall–Kier alpha value is -1.11. The zero-order chi connectivity index (χ0) is 14.6. The molecule has 1 aromatic carbocycles. The summed E-state index contributed by atoms with van der Waals surface area (Å²) in [5, 5.41) is 3.36. The zero-order valence-corrected chi connectivity index (χ0v) is 12.8. The van der Waals surface area contributed by atoms with Gasteiger partial charge in [0.05, 0.1) is 12.0 Å². The Bertz CT molecular complexity index is 552. The SMILES string of the molecule is COc1ccc(S(=O)(=O)NCCC2CCCN2)cc1C. The molecule has 0 amide bonds. The van der Waals surface area contributed by atoms with Crippen molar-refractivity contribution < 1.29 is 13.2 Å². The second-order valence-corrected chi connectivity index (χ2v) is 6.88. The number of methoxy groups -OCH3 is 1. The molecule has 2 N–H and O–H groups in total. The summed E-state index contributed by atoms with van der Waals surface area (Å²) in [6, 6.07) is 5.33.